The molecular weight excluding hydrogens is 382 g/mol. The Morgan fingerprint density at radius 1 is 1.07 bits per heavy atom. The van der Waals surface area contributed by atoms with Gasteiger partial charge in [-0.15, -0.1) is 0 Å². The molecule has 1 atom stereocenters. The zero-order chi connectivity index (χ0) is 21.0. The molecule has 7 heteroatoms. The Balaban J connectivity index is 1.66. The summed E-state index contributed by atoms with van der Waals surface area (Å²) < 4.78 is 5.85. The van der Waals surface area contributed by atoms with Gasteiger partial charge < -0.3 is 19.9 Å². The molecule has 2 heterocycles. The average molecular weight is 416 g/mol. The lowest BCUT2D eigenvalue weighted by Gasteiger charge is -2.46. The number of nitrogens with zero attached hydrogens (tertiary/aromatic N) is 1. The van der Waals surface area contributed by atoms with Crippen LogP contribution < -0.4 is 10.9 Å². The van der Waals surface area contributed by atoms with Crippen molar-refractivity contribution in [2.75, 3.05) is 13.2 Å². The van der Waals surface area contributed by atoms with Gasteiger partial charge >= 0.3 is 0 Å². The van der Waals surface area contributed by atoms with E-state index >= 15 is 0 Å². The second-order valence-corrected chi connectivity index (χ2v) is 9.04. The summed E-state index contributed by atoms with van der Waals surface area (Å²) >= 11 is 0. The monoisotopic (exact) mass is 415 g/mol. The van der Waals surface area contributed by atoms with E-state index in [0.29, 0.717) is 31.6 Å². The molecule has 0 unspecified atom stereocenters. The van der Waals surface area contributed by atoms with Crippen molar-refractivity contribution in [1.29, 1.82) is 0 Å². The summed E-state index contributed by atoms with van der Waals surface area (Å²) in [4.78, 5) is 43.2. The van der Waals surface area contributed by atoms with Crippen LogP contribution in [0.3, 0.4) is 0 Å². The van der Waals surface area contributed by atoms with Crippen LogP contribution in [-0.2, 0) is 9.53 Å². The van der Waals surface area contributed by atoms with E-state index in [9.17, 15) is 14.4 Å². The van der Waals surface area contributed by atoms with E-state index in [0.717, 1.165) is 57.8 Å². The third kappa shape index (κ3) is 4.46. The van der Waals surface area contributed by atoms with Crippen molar-refractivity contribution in [1.82, 2.24) is 15.2 Å². The zero-order valence-corrected chi connectivity index (χ0v) is 17.7. The van der Waals surface area contributed by atoms with Gasteiger partial charge in [-0.2, -0.15) is 0 Å². The highest BCUT2D eigenvalue weighted by Gasteiger charge is 2.48. The minimum Gasteiger partial charge on any atom is -0.376 e. The van der Waals surface area contributed by atoms with Crippen LogP contribution >= 0.6 is 0 Å². The largest absolute Gasteiger partial charge is 0.376 e. The first-order valence-corrected chi connectivity index (χ1v) is 11.5. The first-order valence-electron chi connectivity index (χ1n) is 11.5. The fourth-order valence-electron chi connectivity index (χ4n) is 5.29. The van der Waals surface area contributed by atoms with Gasteiger partial charge in [0.15, 0.2) is 0 Å². The number of aromatic amines is 1. The third-order valence-electron chi connectivity index (χ3n) is 7.00. The number of H-pyrrole nitrogens is 1. The number of nitrogens with one attached hydrogen (secondary N) is 2. The van der Waals surface area contributed by atoms with Gasteiger partial charge in [0.1, 0.15) is 5.54 Å². The summed E-state index contributed by atoms with van der Waals surface area (Å²) in [5, 5.41) is 3.28. The van der Waals surface area contributed by atoms with Gasteiger partial charge in [-0.05, 0) is 44.6 Å². The van der Waals surface area contributed by atoms with Crippen LogP contribution in [0.2, 0.25) is 0 Å². The smallest absolute Gasteiger partial charge is 0.256 e. The molecule has 0 bridgehead atoms. The Morgan fingerprint density at radius 3 is 2.47 bits per heavy atom. The number of ether oxygens (including phenoxy) is 1. The standard InChI is InChI=1S/C23H33N3O4/c27-20-11-10-17(15-24-20)21(28)26(16-19-9-6-14-30-19)23(12-4-1-5-13-23)22(29)25-18-7-2-3-8-18/h10-11,15,18-19H,1-9,12-14,16H2,(H,24,27)(H,25,29)/t19-/m0/s1. The van der Waals surface area contributed by atoms with Crippen LogP contribution in [0.5, 0.6) is 0 Å². The maximum absolute atomic E-state index is 13.7. The molecule has 1 saturated heterocycles. The lowest BCUT2D eigenvalue weighted by Crippen LogP contribution is -2.64. The number of hydrogen-bond donors (Lipinski definition) is 2. The normalized spacial score (nSPS) is 23.9. The minimum atomic E-state index is -0.847. The Morgan fingerprint density at radius 2 is 1.83 bits per heavy atom. The highest BCUT2D eigenvalue weighted by molar-refractivity contribution is 5.99. The van der Waals surface area contributed by atoms with Crippen LogP contribution in [0.4, 0.5) is 0 Å². The van der Waals surface area contributed by atoms with Gasteiger partial charge in [0, 0.05) is 31.5 Å². The Hall–Kier alpha value is -2.15. The third-order valence-corrected chi connectivity index (χ3v) is 7.00. The summed E-state index contributed by atoms with van der Waals surface area (Å²) in [6.07, 6.45) is 11.9. The minimum absolute atomic E-state index is 0.00938. The van der Waals surface area contributed by atoms with E-state index in [1.807, 2.05) is 0 Å². The Kier molecular flexibility index (Phi) is 6.56. The number of rotatable bonds is 6. The maximum atomic E-state index is 13.7. The van der Waals surface area contributed by atoms with Crippen molar-refractivity contribution in [2.45, 2.75) is 88.3 Å². The lowest BCUT2D eigenvalue weighted by molar-refractivity contribution is -0.136. The SMILES string of the molecule is O=C(c1ccc(=O)[nH]c1)N(C[C@@H]1CCCO1)C1(C(=O)NC2CCCC2)CCCCC1. The number of carbonyl (C=O) groups is 2. The van der Waals surface area contributed by atoms with E-state index in [2.05, 4.69) is 10.3 Å². The molecule has 3 fully saturated rings. The molecule has 4 rings (SSSR count). The van der Waals surface area contributed by atoms with Gasteiger partial charge in [-0.25, -0.2) is 0 Å². The number of pyridine rings is 1. The predicted molar refractivity (Wildman–Crippen MR) is 113 cm³/mol. The van der Waals surface area contributed by atoms with Gasteiger partial charge in [0.2, 0.25) is 11.5 Å². The maximum Gasteiger partial charge on any atom is 0.256 e. The lowest BCUT2D eigenvalue weighted by atomic mass is 9.78. The molecule has 2 N–H and O–H groups in total. The topological polar surface area (TPSA) is 91.5 Å². The molecule has 3 aliphatic rings. The Bertz CT molecular complexity index is 782. The summed E-state index contributed by atoms with van der Waals surface area (Å²) in [7, 11) is 0. The van der Waals surface area contributed by atoms with Crippen LogP contribution in [0, 0.1) is 0 Å². The van der Waals surface area contributed by atoms with E-state index in [-0.39, 0.29) is 29.5 Å². The molecule has 0 radical (unpaired) electrons. The van der Waals surface area contributed by atoms with Crippen molar-refractivity contribution in [3.05, 3.63) is 34.2 Å². The molecule has 0 aromatic carbocycles. The first-order chi connectivity index (χ1) is 14.6. The molecule has 1 aliphatic heterocycles. The first kappa shape index (κ1) is 21.1. The van der Waals surface area contributed by atoms with E-state index in [1.54, 1.807) is 11.0 Å². The van der Waals surface area contributed by atoms with Crippen LogP contribution in [-0.4, -0.2) is 52.5 Å². The van der Waals surface area contributed by atoms with E-state index in [4.69, 9.17) is 4.74 Å². The highest BCUT2D eigenvalue weighted by Crippen LogP contribution is 2.36. The van der Waals surface area contributed by atoms with Crippen molar-refractivity contribution < 1.29 is 14.3 Å². The van der Waals surface area contributed by atoms with Crippen molar-refractivity contribution in [3.8, 4) is 0 Å². The highest BCUT2D eigenvalue weighted by atomic mass is 16.5. The fourth-order valence-corrected chi connectivity index (χ4v) is 5.29. The summed E-state index contributed by atoms with van der Waals surface area (Å²) in [5.74, 6) is -0.213. The molecule has 164 valence electrons. The van der Waals surface area contributed by atoms with E-state index < -0.39 is 5.54 Å². The van der Waals surface area contributed by atoms with E-state index in [1.165, 1.54) is 12.3 Å². The number of aromatic nitrogens is 1. The van der Waals surface area contributed by atoms with Crippen LogP contribution in [0.15, 0.2) is 23.1 Å². The molecule has 2 amide bonds. The zero-order valence-electron chi connectivity index (χ0n) is 17.7. The molecule has 2 saturated carbocycles. The van der Waals surface area contributed by atoms with Gasteiger partial charge in [0.05, 0.1) is 11.7 Å². The predicted octanol–water partition coefficient (Wildman–Crippen LogP) is 2.76. The second kappa shape index (κ2) is 9.33. The van der Waals surface area contributed by atoms with Gasteiger partial charge in [-0.3, -0.25) is 14.4 Å². The summed E-state index contributed by atoms with van der Waals surface area (Å²) in [6.45, 7) is 1.11. The number of carbonyl (C=O) groups excluding carboxylic acids is 2. The van der Waals surface area contributed by atoms with Gasteiger partial charge in [-0.1, -0.05) is 32.1 Å². The molecular formula is C23H33N3O4. The van der Waals surface area contributed by atoms with Crippen LogP contribution in [0.25, 0.3) is 0 Å². The second-order valence-electron chi connectivity index (χ2n) is 9.04. The molecule has 0 spiro atoms. The quantitative estimate of drug-likeness (QED) is 0.747. The molecule has 1 aromatic rings. The number of amides is 2. The molecule has 1 aromatic heterocycles. The molecule has 7 nitrogen and oxygen atoms in total. The van der Waals surface area contributed by atoms with Gasteiger partial charge in [0.25, 0.3) is 5.91 Å². The average Bonchev–Trinajstić information content (AvgIpc) is 3.47. The number of hydrogen-bond acceptors (Lipinski definition) is 4. The molecule has 2 aliphatic carbocycles. The summed E-state index contributed by atoms with van der Waals surface area (Å²) in [5.41, 5.74) is -0.685. The Labute approximate surface area is 177 Å². The molecule has 30 heavy (non-hydrogen) atoms. The van der Waals surface area contributed by atoms with Crippen LogP contribution in [0.1, 0.15) is 81.0 Å². The fraction of sp³-hybridized carbons (Fsp3) is 0.696. The van der Waals surface area contributed by atoms with Crippen molar-refractivity contribution >= 4 is 11.8 Å². The van der Waals surface area contributed by atoms with Crippen molar-refractivity contribution in [2.24, 2.45) is 0 Å². The van der Waals surface area contributed by atoms with Crippen molar-refractivity contribution in [3.63, 3.8) is 0 Å². The summed E-state index contributed by atoms with van der Waals surface area (Å²) in [6, 6.07) is 3.13.